The van der Waals surface area contributed by atoms with Crippen molar-refractivity contribution >= 4 is 28.4 Å². The highest BCUT2D eigenvalue weighted by Crippen LogP contribution is 2.56. The van der Waals surface area contributed by atoms with Crippen LogP contribution in [0.2, 0.25) is 5.02 Å². The van der Waals surface area contributed by atoms with E-state index in [9.17, 15) is 4.79 Å². The highest BCUT2D eigenvalue weighted by molar-refractivity contribution is 6.35. The summed E-state index contributed by atoms with van der Waals surface area (Å²) in [5.74, 6) is 1.88. The van der Waals surface area contributed by atoms with Gasteiger partial charge in [0, 0.05) is 41.0 Å². The highest BCUT2D eigenvalue weighted by atomic mass is 35.5. The Morgan fingerprint density at radius 1 is 1.30 bits per heavy atom. The Kier molecular flexibility index (Phi) is 4.01. The normalized spacial score (nSPS) is 30.9. The third-order valence-corrected chi connectivity index (χ3v) is 8.05. The number of nitrogens with one attached hydrogen (secondary N) is 2. The summed E-state index contributed by atoms with van der Waals surface area (Å²) in [7, 11) is 0. The number of aromatic nitrogens is 5. The molecular weight excluding hydrogens is 400 g/mol. The number of benzene rings is 1. The molecule has 7 nitrogen and oxygen atoms in total. The van der Waals surface area contributed by atoms with Gasteiger partial charge in [-0.15, -0.1) is 10.2 Å². The molecule has 2 saturated carbocycles. The second-order valence-corrected chi connectivity index (χ2v) is 9.99. The lowest BCUT2D eigenvalue weighted by Gasteiger charge is -2.60. The molecule has 1 amide bonds. The van der Waals surface area contributed by atoms with E-state index in [1.807, 2.05) is 24.4 Å². The van der Waals surface area contributed by atoms with E-state index in [-0.39, 0.29) is 17.2 Å². The lowest BCUT2D eigenvalue weighted by Crippen LogP contribution is -2.64. The van der Waals surface area contributed by atoms with Crippen molar-refractivity contribution < 1.29 is 4.79 Å². The molecule has 1 aromatic carbocycles. The van der Waals surface area contributed by atoms with Crippen molar-refractivity contribution in [1.29, 1.82) is 0 Å². The number of amides is 1. The second-order valence-electron chi connectivity index (χ2n) is 9.59. The average molecular weight is 425 g/mol. The van der Waals surface area contributed by atoms with Crippen LogP contribution in [-0.4, -0.2) is 48.5 Å². The van der Waals surface area contributed by atoms with Crippen molar-refractivity contribution in [3.63, 3.8) is 0 Å². The maximum absolute atomic E-state index is 13.5. The number of fused-ring (bicyclic) bond motifs is 1. The van der Waals surface area contributed by atoms with Crippen molar-refractivity contribution in [3.8, 4) is 0 Å². The van der Waals surface area contributed by atoms with Crippen molar-refractivity contribution in [1.82, 2.24) is 30.5 Å². The van der Waals surface area contributed by atoms with Crippen LogP contribution in [0.25, 0.3) is 10.9 Å². The molecule has 0 spiro atoms. The Bertz CT molecular complexity index is 1090. The third-order valence-electron chi connectivity index (χ3n) is 7.73. The molecule has 3 aromatic rings. The molecule has 156 valence electrons. The molecule has 4 fully saturated rings. The van der Waals surface area contributed by atoms with Gasteiger partial charge in [-0.3, -0.25) is 4.79 Å². The number of piperidine rings is 2. The van der Waals surface area contributed by atoms with Crippen LogP contribution in [0, 0.1) is 5.92 Å². The standard InChI is InChI=1S/C22H25ClN6O/c1-12(16-11-24-18-4-2-3-17(23)20(16)18)5-19(30)29-14-6-13-7-15(29)10-22(8-13,9-14)21-25-27-28-26-21/h2-4,11-15,24H,5-10H2,1H3,(H,25,26,27,28). The number of carbonyl (C=O) groups excluding carboxylic acids is 1. The van der Waals surface area contributed by atoms with Crippen LogP contribution < -0.4 is 0 Å². The SMILES string of the molecule is CC(CC(=O)N1C2CC3CC1CC(c1nn[nH]n1)(C3)C2)c1c[nH]c2cccc(Cl)c12. The van der Waals surface area contributed by atoms with Crippen LogP contribution >= 0.6 is 11.6 Å². The van der Waals surface area contributed by atoms with Gasteiger partial charge in [-0.1, -0.05) is 29.8 Å². The summed E-state index contributed by atoms with van der Waals surface area (Å²) in [6.07, 6.45) is 7.77. The fourth-order valence-electron chi connectivity index (χ4n) is 6.72. The van der Waals surface area contributed by atoms with Crippen LogP contribution in [0.15, 0.2) is 24.4 Å². The Balaban J connectivity index is 1.24. The summed E-state index contributed by atoms with van der Waals surface area (Å²) in [4.78, 5) is 19.0. The Morgan fingerprint density at radius 2 is 2.10 bits per heavy atom. The van der Waals surface area contributed by atoms with Gasteiger partial charge in [0.1, 0.15) is 0 Å². The Labute approximate surface area is 179 Å². The summed E-state index contributed by atoms with van der Waals surface area (Å²) in [5.41, 5.74) is 2.14. The fraction of sp³-hybridized carbons (Fsp3) is 0.545. The predicted octanol–water partition coefficient (Wildman–Crippen LogP) is 3.94. The van der Waals surface area contributed by atoms with Gasteiger partial charge >= 0.3 is 0 Å². The van der Waals surface area contributed by atoms with E-state index in [0.717, 1.165) is 59.4 Å². The van der Waals surface area contributed by atoms with Crippen molar-refractivity contribution in [3.05, 3.63) is 40.8 Å². The van der Waals surface area contributed by atoms with E-state index < -0.39 is 0 Å². The number of rotatable bonds is 4. The molecule has 3 atom stereocenters. The molecule has 7 rings (SSSR count). The molecule has 2 N–H and O–H groups in total. The maximum atomic E-state index is 13.5. The van der Waals surface area contributed by atoms with Crippen molar-refractivity contribution in [2.75, 3.05) is 0 Å². The van der Waals surface area contributed by atoms with Crippen LogP contribution in [0.4, 0.5) is 0 Å². The zero-order valence-corrected chi connectivity index (χ0v) is 17.7. The first-order valence-corrected chi connectivity index (χ1v) is 11.2. The Hall–Kier alpha value is -2.41. The molecule has 4 aliphatic rings. The molecule has 2 saturated heterocycles. The third kappa shape index (κ3) is 2.64. The second kappa shape index (κ2) is 6.54. The molecule has 8 heteroatoms. The van der Waals surface area contributed by atoms with Gasteiger partial charge in [0.15, 0.2) is 5.82 Å². The summed E-state index contributed by atoms with van der Waals surface area (Å²) in [5, 5.41) is 16.9. The number of hydrogen-bond donors (Lipinski definition) is 2. The van der Waals surface area contributed by atoms with Gasteiger partial charge < -0.3 is 9.88 Å². The lowest BCUT2D eigenvalue weighted by atomic mass is 9.55. The van der Waals surface area contributed by atoms with Crippen LogP contribution in [-0.2, 0) is 10.2 Å². The quantitative estimate of drug-likeness (QED) is 0.663. The fourth-order valence-corrected chi connectivity index (χ4v) is 7.01. The minimum absolute atomic E-state index is 0.00371. The first-order valence-electron chi connectivity index (χ1n) is 10.8. The highest BCUT2D eigenvalue weighted by Gasteiger charge is 2.57. The Morgan fingerprint density at radius 3 is 2.83 bits per heavy atom. The number of halogens is 1. The molecule has 4 bridgehead atoms. The molecule has 2 aromatic heterocycles. The largest absolute Gasteiger partial charge is 0.361 e. The summed E-state index contributed by atoms with van der Waals surface area (Å²) < 4.78 is 0. The number of tetrazole rings is 1. The number of hydrogen-bond acceptors (Lipinski definition) is 4. The van der Waals surface area contributed by atoms with Crippen LogP contribution in [0.5, 0.6) is 0 Å². The smallest absolute Gasteiger partial charge is 0.223 e. The van der Waals surface area contributed by atoms with E-state index in [4.69, 9.17) is 11.6 Å². The molecule has 0 radical (unpaired) electrons. The first kappa shape index (κ1) is 18.4. The van der Waals surface area contributed by atoms with E-state index >= 15 is 0 Å². The van der Waals surface area contributed by atoms with E-state index in [0.29, 0.717) is 24.4 Å². The zero-order chi connectivity index (χ0) is 20.5. The van der Waals surface area contributed by atoms with Gasteiger partial charge in [-0.05, 0) is 61.6 Å². The molecule has 2 aliphatic heterocycles. The number of carbonyl (C=O) groups is 1. The molecule has 4 heterocycles. The van der Waals surface area contributed by atoms with Crippen molar-refractivity contribution in [2.24, 2.45) is 5.92 Å². The number of nitrogens with zero attached hydrogens (tertiary/aromatic N) is 4. The van der Waals surface area contributed by atoms with Gasteiger partial charge in [0.05, 0.1) is 5.02 Å². The molecule has 3 unspecified atom stereocenters. The first-order chi connectivity index (χ1) is 14.5. The summed E-state index contributed by atoms with van der Waals surface area (Å²) in [6.45, 7) is 2.13. The van der Waals surface area contributed by atoms with E-state index in [1.165, 1.54) is 0 Å². The molecular formula is C22H25ClN6O. The minimum atomic E-state index is -0.00371. The topological polar surface area (TPSA) is 90.6 Å². The predicted molar refractivity (Wildman–Crippen MR) is 113 cm³/mol. The van der Waals surface area contributed by atoms with Crippen molar-refractivity contribution in [2.45, 2.75) is 68.9 Å². The monoisotopic (exact) mass is 424 g/mol. The molecule has 2 aliphatic carbocycles. The van der Waals surface area contributed by atoms with E-state index in [1.54, 1.807) is 0 Å². The van der Waals surface area contributed by atoms with Gasteiger partial charge in [-0.25, -0.2) is 0 Å². The lowest BCUT2D eigenvalue weighted by molar-refractivity contribution is -0.152. The van der Waals surface area contributed by atoms with Gasteiger partial charge in [0.2, 0.25) is 5.91 Å². The summed E-state index contributed by atoms with van der Waals surface area (Å²) in [6, 6.07) is 6.47. The van der Waals surface area contributed by atoms with Gasteiger partial charge in [0.25, 0.3) is 0 Å². The maximum Gasteiger partial charge on any atom is 0.223 e. The van der Waals surface area contributed by atoms with Crippen LogP contribution in [0.3, 0.4) is 0 Å². The summed E-state index contributed by atoms with van der Waals surface area (Å²) >= 11 is 6.46. The number of aromatic amines is 2. The minimum Gasteiger partial charge on any atom is -0.361 e. The number of H-pyrrole nitrogens is 2. The molecule has 30 heavy (non-hydrogen) atoms. The average Bonchev–Trinajstić information content (AvgIpc) is 3.38. The van der Waals surface area contributed by atoms with Gasteiger partial charge in [-0.2, -0.15) is 5.21 Å². The van der Waals surface area contributed by atoms with Crippen LogP contribution in [0.1, 0.15) is 62.8 Å². The zero-order valence-electron chi connectivity index (χ0n) is 16.9. The van der Waals surface area contributed by atoms with E-state index in [2.05, 4.69) is 37.4 Å².